The van der Waals surface area contributed by atoms with Crippen LogP contribution in [-0.2, 0) is 24.3 Å². The first-order chi connectivity index (χ1) is 16.8. The van der Waals surface area contributed by atoms with E-state index in [-0.39, 0.29) is 18.6 Å². The van der Waals surface area contributed by atoms with Gasteiger partial charge in [0.15, 0.2) is 6.61 Å². The summed E-state index contributed by atoms with van der Waals surface area (Å²) in [5.41, 5.74) is 5.12. The second kappa shape index (κ2) is 10.4. The summed E-state index contributed by atoms with van der Waals surface area (Å²) >= 11 is 0. The fourth-order valence-corrected chi connectivity index (χ4v) is 4.55. The topological polar surface area (TPSA) is 54.7 Å². The highest BCUT2D eigenvalue weighted by Gasteiger charge is 2.29. The molecule has 4 aromatic rings. The van der Waals surface area contributed by atoms with Crippen LogP contribution in [0, 0.1) is 0 Å². The van der Waals surface area contributed by atoms with Crippen LogP contribution in [-0.4, -0.2) is 24.0 Å². The summed E-state index contributed by atoms with van der Waals surface area (Å²) in [5, 5.41) is 2.82. The van der Waals surface area contributed by atoms with E-state index in [1.54, 1.807) is 12.3 Å². The number of amides is 1. The summed E-state index contributed by atoms with van der Waals surface area (Å²) < 4.78 is 11.1. The Balaban J connectivity index is 1.34. The molecule has 0 spiro atoms. The van der Waals surface area contributed by atoms with Crippen LogP contribution in [0.15, 0.2) is 102 Å². The second-order valence-corrected chi connectivity index (χ2v) is 8.52. The standard InChI is InChI=1S/C29H28N2O3/c32-28(30-19-26-12-7-17-33-26)21-34-25-14-13-23-15-16-31(20-22-8-3-1-4-9-22)29(27(23)18-25)24-10-5-2-6-11-24/h1-14,17-18,29H,15-16,19-21H2,(H,30,32)/t29-/m0/s1. The summed E-state index contributed by atoms with van der Waals surface area (Å²) in [7, 11) is 0. The first-order valence-electron chi connectivity index (χ1n) is 11.6. The van der Waals surface area contributed by atoms with E-state index in [0.29, 0.717) is 18.1 Å². The van der Waals surface area contributed by atoms with Crippen molar-refractivity contribution in [3.05, 3.63) is 125 Å². The summed E-state index contributed by atoms with van der Waals surface area (Å²) in [5.74, 6) is 1.24. The number of carbonyl (C=O) groups is 1. The number of fused-ring (bicyclic) bond motifs is 1. The first kappa shape index (κ1) is 22.0. The van der Waals surface area contributed by atoms with Gasteiger partial charge >= 0.3 is 0 Å². The molecule has 0 saturated heterocycles. The summed E-state index contributed by atoms with van der Waals surface area (Å²) in [4.78, 5) is 14.8. The van der Waals surface area contributed by atoms with E-state index < -0.39 is 0 Å². The van der Waals surface area contributed by atoms with Crippen LogP contribution >= 0.6 is 0 Å². The largest absolute Gasteiger partial charge is 0.484 e. The number of benzene rings is 3. The Morgan fingerprint density at radius 2 is 1.76 bits per heavy atom. The molecule has 5 rings (SSSR count). The van der Waals surface area contributed by atoms with Crippen molar-refractivity contribution in [1.29, 1.82) is 0 Å². The molecule has 0 unspecified atom stereocenters. The maximum atomic E-state index is 12.3. The van der Waals surface area contributed by atoms with Crippen molar-refractivity contribution in [1.82, 2.24) is 10.2 Å². The number of carbonyl (C=O) groups excluding carboxylic acids is 1. The Bertz CT molecular complexity index is 1210. The minimum atomic E-state index is -0.181. The molecule has 1 aliphatic heterocycles. The van der Waals surface area contributed by atoms with Crippen LogP contribution < -0.4 is 10.1 Å². The maximum absolute atomic E-state index is 12.3. The van der Waals surface area contributed by atoms with Crippen molar-refractivity contribution in [3.8, 4) is 5.75 Å². The van der Waals surface area contributed by atoms with Gasteiger partial charge in [-0.25, -0.2) is 0 Å². The molecule has 5 nitrogen and oxygen atoms in total. The van der Waals surface area contributed by atoms with Crippen molar-refractivity contribution in [2.24, 2.45) is 0 Å². The Hall–Kier alpha value is -3.83. The summed E-state index contributed by atoms with van der Waals surface area (Å²) in [6, 6.07) is 31.2. The smallest absolute Gasteiger partial charge is 0.258 e. The van der Waals surface area contributed by atoms with Gasteiger partial charge in [-0.05, 0) is 52.9 Å². The zero-order valence-corrected chi connectivity index (χ0v) is 19.0. The average Bonchev–Trinajstić information content (AvgIpc) is 3.41. The molecule has 0 radical (unpaired) electrons. The average molecular weight is 453 g/mol. The Morgan fingerprint density at radius 3 is 2.53 bits per heavy atom. The molecule has 2 heterocycles. The lowest BCUT2D eigenvalue weighted by atomic mass is 9.87. The third-order valence-electron chi connectivity index (χ3n) is 6.20. The number of rotatable bonds is 8. The molecule has 0 bridgehead atoms. The highest BCUT2D eigenvalue weighted by molar-refractivity contribution is 5.77. The van der Waals surface area contributed by atoms with E-state index in [2.05, 4.69) is 83.0 Å². The predicted octanol–water partition coefficient (Wildman–Crippen LogP) is 5.12. The fraction of sp³-hybridized carbons (Fsp3) is 0.207. The van der Waals surface area contributed by atoms with Crippen molar-refractivity contribution in [2.45, 2.75) is 25.6 Å². The zero-order valence-electron chi connectivity index (χ0n) is 19.0. The normalized spacial score (nSPS) is 15.5. The molecule has 1 aromatic heterocycles. The third-order valence-corrected chi connectivity index (χ3v) is 6.20. The SMILES string of the molecule is O=C(COc1ccc2c(c1)[C@H](c1ccccc1)N(Cc1ccccc1)CC2)NCc1ccco1. The van der Waals surface area contributed by atoms with Gasteiger partial charge in [-0.3, -0.25) is 9.69 Å². The third kappa shape index (κ3) is 5.21. The molecule has 34 heavy (non-hydrogen) atoms. The fourth-order valence-electron chi connectivity index (χ4n) is 4.55. The van der Waals surface area contributed by atoms with Crippen LogP contribution in [0.4, 0.5) is 0 Å². The van der Waals surface area contributed by atoms with E-state index in [0.717, 1.165) is 19.5 Å². The molecule has 1 amide bonds. The van der Waals surface area contributed by atoms with Gasteiger partial charge in [0.1, 0.15) is 11.5 Å². The quantitative estimate of drug-likeness (QED) is 0.403. The molecule has 0 fully saturated rings. The van der Waals surface area contributed by atoms with Crippen LogP contribution in [0.25, 0.3) is 0 Å². The van der Waals surface area contributed by atoms with E-state index in [1.807, 2.05) is 12.1 Å². The summed E-state index contributed by atoms with van der Waals surface area (Å²) in [6.07, 6.45) is 2.57. The summed E-state index contributed by atoms with van der Waals surface area (Å²) in [6.45, 7) is 2.17. The minimum absolute atomic E-state index is 0.0385. The molecule has 5 heteroatoms. The van der Waals surface area contributed by atoms with Crippen molar-refractivity contribution in [2.75, 3.05) is 13.2 Å². The molecule has 0 aliphatic carbocycles. The minimum Gasteiger partial charge on any atom is -0.484 e. The number of ether oxygens (including phenoxy) is 1. The monoisotopic (exact) mass is 452 g/mol. The van der Waals surface area contributed by atoms with E-state index in [4.69, 9.17) is 9.15 Å². The van der Waals surface area contributed by atoms with Gasteiger partial charge in [-0.1, -0.05) is 66.7 Å². The highest BCUT2D eigenvalue weighted by atomic mass is 16.5. The number of furan rings is 1. The number of nitrogens with zero attached hydrogens (tertiary/aromatic N) is 1. The highest BCUT2D eigenvalue weighted by Crippen LogP contribution is 2.37. The maximum Gasteiger partial charge on any atom is 0.258 e. The van der Waals surface area contributed by atoms with Gasteiger partial charge in [0.25, 0.3) is 5.91 Å². The number of hydrogen-bond acceptors (Lipinski definition) is 4. The van der Waals surface area contributed by atoms with E-state index >= 15 is 0 Å². The molecule has 1 aliphatic rings. The van der Waals surface area contributed by atoms with Crippen molar-refractivity contribution < 1.29 is 13.9 Å². The van der Waals surface area contributed by atoms with Crippen molar-refractivity contribution >= 4 is 5.91 Å². The van der Waals surface area contributed by atoms with Crippen molar-refractivity contribution in [3.63, 3.8) is 0 Å². The molecular weight excluding hydrogens is 424 g/mol. The zero-order chi connectivity index (χ0) is 23.2. The van der Waals surface area contributed by atoms with Gasteiger partial charge in [-0.15, -0.1) is 0 Å². The van der Waals surface area contributed by atoms with Gasteiger partial charge < -0.3 is 14.5 Å². The van der Waals surface area contributed by atoms with Gasteiger partial charge in [-0.2, -0.15) is 0 Å². The lowest BCUT2D eigenvalue weighted by Gasteiger charge is -2.38. The van der Waals surface area contributed by atoms with Crippen LogP contribution in [0.3, 0.4) is 0 Å². The van der Waals surface area contributed by atoms with Gasteiger partial charge in [0.2, 0.25) is 0 Å². The second-order valence-electron chi connectivity index (χ2n) is 8.52. The molecule has 1 atom stereocenters. The number of nitrogens with one attached hydrogen (secondary N) is 1. The first-order valence-corrected chi connectivity index (χ1v) is 11.6. The molecule has 0 saturated carbocycles. The molecule has 1 N–H and O–H groups in total. The van der Waals surface area contributed by atoms with Gasteiger partial charge in [0, 0.05) is 13.1 Å². The van der Waals surface area contributed by atoms with Crippen LogP contribution in [0.2, 0.25) is 0 Å². The Morgan fingerprint density at radius 1 is 0.971 bits per heavy atom. The van der Waals surface area contributed by atoms with Crippen LogP contribution in [0.1, 0.15) is 34.1 Å². The predicted molar refractivity (Wildman–Crippen MR) is 131 cm³/mol. The lowest BCUT2D eigenvalue weighted by Crippen LogP contribution is -2.35. The Labute approximate surface area is 200 Å². The van der Waals surface area contributed by atoms with Gasteiger partial charge in [0.05, 0.1) is 18.8 Å². The molecule has 3 aromatic carbocycles. The lowest BCUT2D eigenvalue weighted by molar-refractivity contribution is -0.123. The molecular formula is C29H28N2O3. The Kier molecular flexibility index (Phi) is 6.73. The number of hydrogen-bond donors (Lipinski definition) is 1. The van der Waals surface area contributed by atoms with Crippen LogP contribution in [0.5, 0.6) is 5.75 Å². The van der Waals surface area contributed by atoms with E-state index in [1.165, 1.54) is 22.3 Å². The van der Waals surface area contributed by atoms with E-state index in [9.17, 15) is 4.79 Å². The molecule has 172 valence electrons.